The van der Waals surface area contributed by atoms with Gasteiger partial charge in [-0.1, -0.05) is 35.3 Å². The van der Waals surface area contributed by atoms with Crippen LogP contribution in [0.4, 0.5) is 21.0 Å². The van der Waals surface area contributed by atoms with Crippen LogP contribution in [0.3, 0.4) is 0 Å². The summed E-state index contributed by atoms with van der Waals surface area (Å²) >= 11 is 11.8. The highest BCUT2D eigenvalue weighted by Crippen LogP contribution is 2.28. The van der Waals surface area contributed by atoms with E-state index in [9.17, 15) is 9.59 Å². The van der Waals surface area contributed by atoms with Crippen molar-refractivity contribution in [3.63, 3.8) is 0 Å². The molecule has 2 aromatic rings. The van der Waals surface area contributed by atoms with E-state index in [4.69, 9.17) is 33.4 Å². The molecular formula is C22H28Cl2N2O4. The van der Waals surface area contributed by atoms with E-state index in [1.807, 2.05) is 47.6 Å². The molecule has 2 N–H and O–H groups in total. The van der Waals surface area contributed by atoms with Crippen molar-refractivity contribution in [2.75, 3.05) is 9.80 Å². The van der Waals surface area contributed by atoms with Gasteiger partial charge in [-0.3, -0.25) is 9.80 Å². The SMILES string of the molecule is Cc1c(Cl)cccc1N(C(=O)O)C(C)C.Cc1ccc(Cl)cc1N(C(=O)O)C(C)C. The smallest absolute Gasteiger partial charge is 0.412 e. The Morgan fingerprint density at radius 3 is 1.80 bits per heavy atom. The molecule has 2 amide bonds. The van der Waals surface area contributed by atoms with Crippen molar-refractivity contribution in [3.05, 3.63) is 57.6 Å². The molecule has 0 fully saturated rings. The zero-order valence-corrected chi connectivity index (χ0v) is 19.5. The van der Waals surface area contributed by atoms with Crippen LogP contribution in [0.25, 0.3) is 0 Å². The third-order valence-corrected chi connectivity index (χ3v) is 5.02. The Hall–Kier alpha value is -2.44. The van der Waals surface area contributed by atoms with Gasteiger partial charge in [0.1, 0.15) is 0 Å². The highest BCUT2D eigenvalue weighted by atomic mass is 35.5. The lowest BCUT2D eigenvalue weighted by atomic mass is 10.1. The van der Waals surface area contributed by atoms with Crippen LogP contribution in [0.2, 0.25) is 10.0 Å². The van der Waals surface area contributed by atoms with Gasteiger partial charge in [-0.15, -0.1) is 0 Å². The topological polar surface area (TPSA) is 81.1 Å². The van der Waals surface area contributed by atoms with Gasteiger partial charge in [-0.2, -0.15) is 0 Å². The summed E-state index contributed by atoms with van der Waals surface area (Å²) in [5, 5.41) is 19.3. The van der Waals surface area contributed by atoms with Crippen LogP contribution in [0.1, 0.15) is 38.8 Å². The summed E-state index contributed by atoms with van der Waals surface area (Å²) in [6, 6.07) is 10.3. The Bertz CT molecular complexity index is 877. The normalized spacial score (nSPS) is 10.5. The lowest BCUT2D eigenvalue weighted by Crippen LogP contribution is -2.36. The molecular weight excluding hydrogens is 427 g/mol. The summed E-state index contributed by atoms with van der Waals surface area (Å²) in [5.74, 6) is 0. The first-order valence-electron chi connectivity index (χ1n) is 9.44. The third-order valence-electron chi connectivity index (χ3n) is 4.37. The van der Waals surface area contributed by atoms with Crippen molar-refractivity contribution in [2.45, 2.75) is 53.6 Å². The first kappa shape index (κ1) is 25.6. The molecule has 0 spiro atoms. The van der Waals surface area contributed by atoms with Gasteiger partial charge < -0.3 is 10.2 Å². The van der Waals surface area contributed by atoms with Crippen molar-refractivity contribution < 1.29 is 19.8 Å². The fraction of sp³-hybridized carbons (Fsp3) is 0.364. The van der Waals surface area contributed by atoms with Crippen LogP contribution in [-0.2, 0) is 0 Å². The molecule has 6 nitrogen and oxygen atoms in total. The maximum absolute atomic E-state index is 11.1. The number of hydrogen-bond donors (Lipinski definition) is 2. The number of carboxylic acid groups (broad SMARTS) is 2. The lowest BCUT2D eigenvalue weighted by molar-refractivity contribution is 0.198. The van der Waals surface area contributed by atoms with Gasteiger partial charge in [0.25, 0.3) is 0 Å². The minimum absolute atomic E-state index is 0.111. The molecule has 0 aromatic heterocycles. The number of amides is 2. The van der Waals surface area contributed by atoms with E-state index in [0.29, 0.717) is 21.4 Å². The van der Waals surface area contributed by atoms with Crippen LogP contribution in [-0.4, -0.2) is 34.5 Å². The van der Waals surface area contributed by atoms with Crippen molar-refractivity contribution in [1.29, 1.82) is 0 Å². The Morgan fingerprint density at radius 2 is 1.33 bits per heavy atom. The summed E-state index contributed by atoms with van der Waals surface area (Å²) in [7, 11) is 0. The second-order valence-electron chi connectivity index (χ2n) is 7.31. The first-order valence-corrected chi connectivity index (χ1v) is 10.2. The standard InChI is InChI=1S/2C11H14ClNO2/c1-7(2)13(11(14)15)10-6-9(12)5-4-8(10)3;1-7(2)13(11(14)15)10-6-4-5-9(12)8(10)3/h2*4-7H,1-3H3,(H,14,15). The molecule has 0 saturated carbocycles. The van der Waals surface area contributed by atoms with Gasteiger partial charge in [-0.05, 0) is 76.9 Å². The molecule has 0 heterocycles. The molecule has 0 unspecified atom stereocenters. The second kappa shape index (κ2) is 11.1. The first-order chi connectivity index (χ1) is 13.9. The molecule has 2 rings (SSSR count). The molecule has 0 atom stereocenters. The fourth-order valence-electron chi connectivity index (χ4n) is 2.90. The molecule has 8 heteroatoms. The Kier molecular flexibility index (Phi) is 9.46. The van der Waals surface area contributed by atoms with Crippen LogP contribution in [0.5, 0.6) is 0 Å². The second-order valence-corrected chi connectivity index (χ2v) is 8.15. The maximum atomic E-state index is 11.1. The van der Waals surface area contributed by atoms with Crippen LogP contribution in [0.15, 0.2) is 36.4 Å². The van der Waals surface area contributed by atoms with E-state index < -0.39 is 12.2 Å². The van der Waals surface area contributed by atoms with Crippen LogP contribution >= 0.6 is 23.2 Å². The van der Waals surface area contributed by atoms with Crippen molar-refractivity contribution in [3.8, 4) is 0 Å². The van der Waals surface area contributed by atoms with E-state index in [0.717, 1.165) is 11.1 Å². The average Bonchev–Trinajstić information content (AvgIpc) is 2.61. The summed E-state index contributed by atoms with van der Waals surface area (Å²) in [6.07, 6.45) is -1.93. The van der Waals surface area contributed by atoms with E-state index in [1.165, 1.54) is 9.80 Å². The summed E-state index contributed by atoms with van der Waals surface area (Å²) < 4.78 is 0. The third kappa shape index (κ3) is 6.54. The van der Waals surface area contributed by atoms with Gasteiger partial charge in [0.15, 0.2) is 0 Å². The Balaban J connectivity index is 0.000000300. The number of nitrogens with zero attached hydrogens (tertiary/aromatic N) is 2. The van der Waals surface area contributed by atoms with E-state index in [1.54, 1.807) is 30.3 Å². The fourth-order valence-corrected chi connectivity index (χ4v) is 3.24. The molecule has 0 bridgehead atoms. The van der Waals surface area contributed by atoms with Crippen LogP contribution < -0.4 is 9.80 Å². The van der Waals surface area contributed by atoms with Crippen molar-refractivity contribution in [1.82, 2.24) is 0 Å². The van der Waals surface area contributed by atoms with Gasteiger partial charge in [-0.25, -0.2) is 9.59 Å². The number of halogens is 2. The molecule has 0 aliphatic carbocycles. The average molecular weight is 455 g/mol. The summed E-state index contributed by atoms with van der Waals surface area (Å²) in [5.41, 5.74) is 2.97. The zero-order chi connectivity index (χ0) is 23.2. The number of aryl methyl sites for hydroxylation is 1. The molecule has 0 aliphatic heterocycles. The summed E-state index contributed by atoms with van der Waals surface area (Å²) in [4.78, 5) is 24.8. The van der Waals surface area contributed by atoms with Gasteiger partial charge in [0, 0.05) is 22.1 Å². The Labute approximate surface area is 187 Å². The van der Waals surface area contributed by atoms with Gasteiger partial charge >= 0.3 is 12.2 Å². The van der Waals surface area contributed by atoms with E-state index in [-0.39, 0.29) is 12.1 Å². The monoisotopic (exact) mass is 454 g/mol. The number of rotatable bonds is 4. The number of carbonyl (C=O) groups is 2. The largest absolute Gasteiger partial charge is 0.465 e. The predicted molar refractivity (Wildman–Crippen MR) is 124 cm³/mol. The van der Waals surface area contributed by atoms with Crippen molar-refractivity contribution in [2.24, 2.45) is 0 Å². The Morgan fingerprint density at radius 1 is 0.833 bits per heavy atom. The van der Waals surface area contributed by atoms with E-state index in [2.05, 4.69) is 0 Å². The quantitative estimate of drug-likeness (QED) is 0.516. The predicted octanol–water partition coefficient (Wildman–Crippen LogP) is 7.08. The molecule has 0 radical (unpaired) electrons. The number of hydrogen-bond acceptors (Lipinski definition) is 2. The van der Waals surface area contributed by atoms with Crippen molar-refractivity contribution >= 4 is 46.8 Å². The summed E-state index contributed by atoms with van der Waals surface area (Å²) in [6.45, 7) is 11.0. The number of anilines is 2. The van der Waals surface area contributed by atoms with Gasteiger partial charge in [0.2, 0.25) is 0 Å². The maximum Gasteiger partial charge on any atom is 0.412 e. The lowest BCUT2D eigenvalue weighted by Gasteiger charge is -2.25. The molecule has 0 saturated heterocycles. The molecule has 164 valence electrons. The van der Waals surface area contributed by atoms with Crippen LogP contribution in [0, 0.1) is 13.8 Å². The van der Waals surface area contributed by atoms with E-state index >= 15 is 0 Å². The molecule has 0 aliphatic rings. The molecule has 2 aromatic carbocycles. The highest BCUT2D eigenvalue weighted by Gasteiger charge is 2.21. The molecule has 30 heavy (non-hydrogen) atoms. The minimum atomic E-state index is -0.963. The minimum Gasteiger partial charge on any atom is -0.465 e. The number of benzene rings is 2. The zero-order valence-electron chi connectivity index (χ0n) is 18.0. The van der Waals surface area contributed by atoms with Gasteiger partial charge in [0.05, 0.1) is 11.4 Å². The highest BCUT2D eigenvalue weighted by molar-refractivity contribution is 6.31.